The number of hydrogen-bond acceptors (Lipinski definition) is 4. The first-order valence-electron chi connectivity index (χ1n) is 4.05. The maximum atomic E-state index is 11.0. The maximum absolute atomic E-state index is 11.0. The van der Waals surface area contributed by atoms with Crippen molar-refractivity contribution in [3.05, 3.63) is 0 Å². The second-order valence-corrected chi connectivity index (χ2v) is 4.87. The van der Waals surface area contributed by atoms with Gasteiger partial charge in [0.2, 0.25) is 10.0 Å². The molecule has 0 radical (unpaired) electrons. The van der Waals surface area contributed by atoms with E-state index in [2.05, 4.69) is 4.72 Å². The number of methoxy groups -OCH3 is 1. The van der Waals surface area contributed by atoms with Crippen LogP contribution in [0.2, 0.25) is 0 Å². The fourth-order valence-corrected chi connectivity index (χ4v) is 1.79. The number of carboxylic acids is 1. The quantitative estimate of drug-likeness (QED) is 0.596. The third kappa shape index (κ3) is 6.81. The fraction of sp³-hybridized carbons (Fsp3) is 0.857. The highest BCUT2D eigenvalue weighted by molar-refractivity contribution is 7.90. The lowest BCUT2D eigenvalue weighted by Crippen LogP contribution is -2.34. The molecular weight excluding hydrogens is 210 g/mol. The lowest BCUT2D eigenvalue weighted by Gasteiger charge is -2.10. The number of nitrogens with one attached hydrogen (secondary N) is 1. The molecular formula is C7H15NO5S. The van der Waals surface area contributed by atoms with Crippen LogP contribution < -0.4 is 4.72 Å². The number of sulfonamides is 1. The van der Waals surface area contributed by atoms with Gasteiger partial charge in [0, 0.05) is 20.3 Å². The normalized spacial score (nSPS) is 13.9. The van der Waals surface area contributed by atoms with Crippen molar-refractivity contribution in [2.24, 2.45) is 5.92 Å². The van der Waals surface area contributed by atoms with Crippen LogP contribution in [0.1, 0.15) is 6.92 Å². The van der Waals surface area contributed by atoms with Gasteiger partial charge in [0.1, 0.15) is 0 Å². The van der Waals surface area contributed by atoms with E-state index in [9.17, 15) is 13.2 Å². The van der Waals surface area contributed by atoms with Crippen LogP contribution in [0.15, 0.2) is 0 Å². The summed E-state index contributed by atoms with van der Waals surface area (Å²) in [5.41, 5.74) is 0. The molecule has 0 aliphatic heterocycles. The predicted molar refractivity (Wildman–Crippen MR) is 50.5 cm³/mol. The van der Waals surface area contributed by atoms with Crippen LogP contribution in [0.25, 0.3) is 0 Å². The van der Waals surface area contributed by atoms with Gasteiger partial charge < -0.3 is 9.84 Å². The van der Waals surface area contributed by atoms with Crippen LogP contribution in [-0.4, -0.2) is 45.5 Å². The summed E-state index contributed by atoms with van der Waals surface area (Å²) in [6, 6.07) is 0. The van der Waals surface area contributed by atoms with Crippen molar-refractivity contribution in [3.8, 4) is 0 Å². The Labute approximate surface area is 83.3 Å². The van der Waals surface area contributed by atoms with Gasteiger partial charge in [-0.05, 0) is 5.92 Å². The molecule has 0 saturated heterocycles. The fourth-order valence-electron chi connectivity index (χ4n) is 0.826. The molecule has 0 aromatic carbocycles. The van der Waals surface area contributed by atoms with Gasteiger partial charge >= 0.3 is 5.97 Å². The zero-order valence-electron chi connectivity index (χ0n) is 8.19. The van der Waals surface area contributed by atoms with Gasteiger partial charge in [0.15, 0.2) is 5.75 Å². The monoisotopic (exact) mass is 225 g/mol. The third-order valence-corrected chi connectivity index (χ3v) is 2.65. The zero-order valence-corrected chi connectivity index (χ0v) is 9.00. The SMILES string of the molecule is COCC(C)CNS(=O)(=O)CC(=O)O. The molecule has 0 aromatic rings. The van der Waals surface area contributed by atoms with Gasteiger partial charge in [-0.3, -0.25) is 4.79 Å². The first kappa shape index (κ1) is 13.3. The number of carbonyl (C=O) groups is 1. The molecule has 0 spiro atoms. The van der Waals surface area contributed by atoms with Crippen molar-refractivity contribution in [1.82, 2.24) is 4.72 Å². The first-order chi connectivity index (χ1) is 6.37. The van der Waals surface area contributed by atoms with E-state index in [1.165, 1.54) is 7.11 Å². The molecule has 14 heavy (non-hydrogen) atoms. The molecule has 0 amide bonds. The molecule has 7 heteroatoms. The van der Waals surface area contributed by atoms with E-state index in [1.807, 2.05) is 0 Å². The van der Waals surface area contributed by atoms with Crippen LogP contribution in [0.3, 0.4) is 0 Å². The predicted octanol–water partition coefficient (Wildman–Crippen LogP) is -0.727. The summed E-state index contributed by atoms with van der Waals surface area (Å²) in [7, 11) is -2.18. The minimum absolute atomic E-state index is 0.0172. The Balaban J connectivity index is 3.93. The Morgan fingerprint density at radius 2 is 2.14 bits per heavy atom. The van der Waals surface area contributed by atoms with Gasteiger partial charge in [0.25, 0.3) is 0 Å². The molecule has 0 aromatic heterocycles. The summed E-state index contributed by atoms with van der Waals surface area (Å²) < 4.78 is 29.0. The Kier molecular flexibility index (Phi) is 5.66. The Bertz CT molecular complexity index is 274. The molecule has 6 nitrogen and oxygen atoms in total. The smallest absolute Gasteiger partial charge is 0.320 e. The minimum atomic E-state index is -3.70. The number of rotatable bonds is 7. The average Bonchev–Trinajstić information content (AvgIpc) is 1.99. The van der Waals surface area contributed by atoms with E-state index < -0.39 is 21.7 Å². The number of aliphatic carboxylic acids is 1. The maximum Gasteiger partial charge on any atom is 0.320 e. The molecule has 0 rings (SSSR count). The minimum Gasteiger partial charge on any atom is -0.480 e. The Hall–Kier alpha value is -0.660. The highest BCUT2D eigenvalue weighted by atomic mass is 32.2. The van der Waals surface area contributed by atoms with Crippen molar-refractivity contribution >= 4 is 16.0 Å². The standard InChI is InChI=1S/C7H15NO5S/c1-6(4-13-2)3-8-14(11,12)5-7(9)10/h6,8H,3-5H2,1-2H3,(H,9,10). The van der Waals surface area contributed by atoms with E-state index in [0.717, 1.165) is 0 Å². The van der Waals surface area contributed by atoms with E-state index in [0.29, 0.717) is 6.61 Å². The molecule has 0 heterocycles. The summed E-state index contributed by atoms with van der Waals surface area (Å²) >= 11 is 0. The molecule has 0 saturated carbocycles. The summed E-state index contributed by atoms with van der Waals surface area (Å²) in [5.74, 6) is -2.24. The highest BCUT2D eigenvalue weighted by Gasteiger charge is 2.15. The van der Waals surface area contributed by atoms with Crippen molar-refractivity contribution in [2.75, 3.05) is 26.0 Å². The summed E-state index contributed by atoms with van der Waals surface area (Å²) in [4.78, 5) is 10.1. The van der Waals surface area contributed by atoms with Crippen LogP contribution in [0, 0.1) is 5.92 Å². The van der Waals surface area contributed by atoms with E-state index >= 15 is 0 Å². The first-order valence-corrected chi connectivity index (χ1v) is 5.70. The molecule has 1 unspecified atom stereocenters. The molecule has 0 fully saturated rings. The van der Waals surface area contributed by atoms with Crippen LogP contribution >= 0.6 is 0 Å². The van der Waals surface area contributed by atoms with Crippen LogP contribution in [-0.2, 0) is 19.6 Å². The lowest BCUT2D eigenvalue weighted by atomic mass is 10.2. The molecule has 1 atom stereocenters. The largest absolute Gasteiger partial charge is 0.480 e. The van der Waals surface area contributed by atoms with E-state index in [-0.39, 0.29) is 12.5 Å². The van der Waals surface area contributed by atoms with Gasteiger partial charge in [-0.25, -0.2) is 13.1 Å². The van der Waals surface area contributed by atoms with Gasteiger partial charge in [-0.1, -0.05) is 6.92 Å². The summed E-state index contributed by atoms with van der Waals surface area (Å²) in [6.07, 6.45) is 0. The molecule has 84 valence electrons. The number of ether oxygens (including phenoxy) is 1. The molecule has 2 N–H and O–H groups in total. The summed E-state index contributed by atoms with van der Waals surface area (Å²) in [5, 5.41) is 8.27. The Morgan fingerprint density at radius 1 is 1.57 bits per heavy atom. The topological polar surface area (TPSA) is 92.7 Å². The number of hydrogen-bond donors (Lipinski definition) is 2. The van der Waals surface area contributed by atoms with Gasteiger partial charge in [-0.2, -0.15) is 0 Å². The second kappa shape index (κ2) is 5.94. The van der Waals surface area contributed by atoms with Crippen LogP contribution in [0.4, 0.5) is 0 Å². The van der Waals surface area contributed by atoms with Crippen molar-refractivity contribution in [2.45, 2.75) is 6.92 Å². The molecule has 0 aliphatic carbocycles. The van der Waals surface area contributed by atoms with Gasteiger partial charge in [-0.15, -0.1) is 0 Å². The van der Waals surface area contributed by atoms with E-state index in [4.69, 9.17) is 9.84 Å². The molecule has 0 bridgehead atoms. The van der Waals surface area contributed by atoms with Crippen molar-refractivity contribution in [1.29, 1.82) is 0 Å². The van der Waals surface area contributed by atoms with Crippen molar-refractivity contribution in [3.63, 3.8) is 0 Å². The lowest BCUT2D eigenvalue weighted by molar-refractivity contribution is -0.134. The van der Waals surface area contributed by atoms with Gasteiger partial charge in [0.05, 0.1) is 0 Å². The summed E-state index contributed by atoms with van der Waals surface area (Å²) in [6.45, 7) is 2.41. The second-order valence-electron chi connectivity index (χ2n) is 3.06. The zero-order chi connectivity index (χ0) is 11.2. The van der Waals surface area contributed by atoms with Crippen LogP contribution in [0.5, 0.6) is 0 Å². The van der Waals surface area contributed by atoms with E-state index in [1.54, 1.807) is 6.92 Å². The number of carboxylic acid groups (broad SMARTS) is 1. The third-order valence-electron chi connectivity index (χ3n) is 1.42. The Morgan fingerprint density at radius 3 is 2.57 bits per heavy atom. The molecule has 0 aliphatic rings. The van der Waals surface area contributed by atoms with Crippen molar-refractivity contribution < 1.29 is 23.1 Å². The average molecular weight is 225 g/mol. The highest BCUT2D eigenvalue weighted by Crippen LogP contribution is 1.94.